The van der Waals surface area contributed by atoms with Crippen LogP contribution in [0.3, 0.4) is 0 Å². The van der Waals surface area contributed by atoms with Gasteiger partial charge < -0.3 is 5.32 Å². The summed E-state index contributed by atoms with van der Waals surface area (Å²) < 4.78 is 0. The molecule has 29 heavy (non-hydrogen) atoms. The molecule has 1 amide bonds. The van der Waals surface area contributed by atoms with Crippen LogP contribution in [0.4, 0.5) is 0 Å². The van der Waals surface area contributed by atoms with Gasteiger partial charge in [-0.05, 0) is 41.7 Å². The smallest absolute Gasteiger partial charge is 0.228 e. The molecule has 148 valence electrons. The highest BCUT2D eigenvalue weighted by molar-refractivity contribution is 6.30. The normalized spacial score (nSPS) is 13.2. The van der Waals surface area contributed by atoms with Crippen LogP contribution >= 0.6 is 11.6 Å². The lowest BCUT2D eigenvalue weighted by Crippen LogP contribution is -2.32. The fourth-order valence-corrected chi connectivity index (χ4v) is 3.44. The first-order valence-corrected chi connectivity index (χ1v) is 10.2. The molecule has 2 atom stereocenters. The maximum atomic E-state index is 13.1. The van der Waals surface area contributed by atoms with E-state index in [2.05, 4.69) is 49.5 Å². The minimum absolute atomic E-state index is 0.0316. The standard InChI is InChI=1S/C26H26ClNO/c1-19-8-14-23(15-9-19)25(26(29)28-18-22-6-4-3-5-7-22)20(2)10-11-21-12-16-24(27)17-13-21/h3-17,20,25H,18H2,1-2H3,(H,28,29)/b11-10+/t20-,25-/m0/s1. The zero-order valence-corrected chi connectivity index (χ0v) is 17.6. The molecule has 3 heteroatoms. The molecule has 0 saturated carbocycles. The van der Waals surface area contributed by atoms with Crippen LogP contribution in [0.1, 0.15) is 35.1 Å². The summed E-state index contributed by atoms with van der Waals surface area (Å²) in [5, 5.41) is 3.82. The molecule has 3 aromatic rings. The zero-order chi connectivity index (χ0) is 20.6. The molecule has 0 fully saturated rings. The van der Waals surface area contributed by atoms with Gasteiger partial charge in [0, 0.05) is 11.6 Å². The molecular formula is C26H26ClNO. The Labute approximate surface area is 178 Å². The minimum atomic E-state index is -0.261. The molecule has 0 bridgehead atoms. The van der Waals surface area contributed by atoms with Gasteiger partial charge in [0.1, 0.15) is 0 Å². The second kappa shape index (κ2) is 10.1. The van der Waals surface area contributed by atoms with Gasteiger partial charge in [0.25, 0.3) is 0 Å². The van der Waals surface area contributed by atoms with Crippen LogP contribution in [0, 0.1) is 12.8 Å². The Balaban J connectivity index is 1.78. The number of hydrogen-bond donors (Lipinski definition) is 1. The van der Waals surface area contributed by atoms with Crippen molar-refractivity contribution in [1.82, 2.24) is 5.32 Å². The summed E-state index contributed by atoms with van der Waals surface area (Å²) >= 11 is 5.97. The van der Waals surface area contributed by atoms with Gasteiger partial charge >= 0.3 is 0 Å². The van der Waals surface area contributed by atoms with Crippen molar-refractivity contribution in [1.29, 1.82) is 0 Å². The number of carbonyl (C=O) groups excluding carboxylic acids is 1. The highest BCUT2D eigenvalue weighted by Gasteiger charge is 2.25. The summed E-state index contributed by atoms with van der Waals surface area (Å²) in [5.74, 6) is -0.196. The summed E-state index contributed by atoms with van der Waals surface area (Å²) in [6.45, 7) is 4.66. The number of rotatable bonds is 7. The second-order valence-electron chi connectivity index (χ2n) is 7.36. The van der Waals surface area contributed by atoms with E-state index in [0.29, 0.717) is 11.6 Å². The summed E-state index contributed by atoms with van der Waals surface area (Å²) in [5.41, 5.74) is 4.36. The average Bonchev–Trinajstić information content (AvgIpc) is 2.74. The molecule has 0 saturated heterocycles. The number of aryl methyl sites for hydroxylation is 1. The second-order valence-corrected chi connectivity index (χ2v) is 7.80. The van der Waals surface area contributed by atoms with E-state index in [4.69, 9.17) is 11.6 Å². The molecule has 0 aliphatic carbocycles. The molecule has 1 N–H and O–H groups in total. The maximum Gasteiger partial charge on any atom is 0.228 e. The van der Waals surface area contributed by atoms with Gasteiger partial charge in [0.05, 0.1) is 5.92 Å². The van der Waals surface area contributed by atoms with Crippen LogP contribution in [-0.2, 0) is 11.3 Å². The Morgan fingerprint density at radius 1 is 0.966 bits per heavy atom. The monoisotopic (exact) mass is 403 g/mol. The fraction of sp³-hybridized carbons (Fsp3) is 0.192. The maximum absolute atomic E-state index is 13.1. The lowest BCUT2D eigenvalue weighted by Gasteiger charge is -2.22. The third-order valence-electron chi connectivity index (χ3n) is 5.02. The van der Waals surface area contributed by atoms with Crippen molar-refractivity contribution in [3.63, 3.8) is 0 Å². The first kappa shape index (κ1) is 20.9. The number of nitrogens with one attached hydrogen (secondary N) is 1. The van der Waals surface area contributed by atoms with Crippen LogP contribution in [0.2, 0.25) is 5.02 Å². The van der Waals surface area contributed by atoms with Gasteiger partial charge in [0.15, 0.2) is 0 Å². The van der Waals surface area contributed by atoms with Crippen molar-refractivity contribution in [2.45, 2.75) is 26.3 Å². The Hall–Kier alpha value is -2.84. The Bertz CT molecular complexity index is 946. The van der Waals surface area contributed by atoms with E-state index in [-0.39, 0.29) is 17.7 Å². The largest absolute Gasteiger partial charge is 0.351 e. The van der Waals surface area contributed by atoms with Gasteiger partial charge in [-0.3, -0.25) is 4.79 Å². The molecule has 0 unspecified atom stereocenters. The highest BCUT2D eigenvalue weighted by Crippen LogP contribution is 2.27. The predicted octanol–water partition coefficient (Wildman–Crippen LogP) is 6.40. The van der Waals surface area contributed by atoms with Crippen LogP contribution in [0.25, 0.3) is 6.08 Å². The molecular weight excluding hydrogens is 378 g/mol. The molecule has 0 aliphatic rings. The van der Waals surface area contributed by atoms with Crippen molar-refractivity contribution in [2.24, 2.45) is 5.92 Å². The number of allylic oxidation sites excluding steroid dienone is 1. The lowest BCUT2D eigenvalue weighted by atomic mass is 9.85. The van der Waals surface area contributed by atoms with Crippen molar-refractivity contribution < 1.29 is 4.79 Å². The van der Waals surface area contributed by atoms with Gasteiger partial charge in [-0.2, -0.15) is 0 Å². The van der Waals surface area contributed by atoms with E-state index in [1.165, 1.54) is 5.56 Å². The minimum Gasteiger partial charge on any atom is -0.351 e. The molecule has 0 radical (unpaired) electrons. The predicted molar refractivity (Wildman–Crippen MR) is 122 cm³/mol. The van der Waals surface area contributed by atoms with Gasteiger partial charge in [0.2, 0.25) is 5.91 Å². The zero-order valence-electron chi connectivity index (χ0n) is 16.8. The van der Waals surface area contributed by atoms with E-state index >= 15 is 0 Å². The van der Waals surface area contributed by atoms with Crippen LogP contribution in [0.15, 0.2) is 84.9 Å². The van der Waals surface area contributed by atoms with Gasteiger partial charge in [-0.15, -0.1) is 0 Å². The Morgan fingerprint density at radius 2 is 1.62 bits per heavy atom. The van der Waals surface area contributed by atoms with E-state index in [0.717, 1.165) is 16.7 Å². The van der Waals surface area contributed by atoms with E-state index in [1.54, 1.807) is 0 Å². The van der Waals surface area contributed by atoms with E-state index in [9.17, 15) is 4.79 Å². The first-order chi connectivity index (χ1) is 14.0. The topological polar surface area (TPSA) is 29.1 Å². The molecule has 2 nitrogen and oxygen atoms in total. The third kappa shape index (κ3) is 6.07. The number of hydrogen-bond acceptors (Lipinski definition) is 1. The van der Waals surface area contributed by atoms with E-state index < -0.39 is 0 Å². The molecule has 0 aliphatic heterocycles. The number of halogens is 1. The van der Waals surface area contributed by atoms with Crippen molar-refractivity contribution in [3.8, 4) is 0 Å². The molecule has 0 spiro atoms. The summed E-state index contributed by atoms with van der Waals surface area (Å²) in [6, 6.07) is 25.9. The van der Waals surface area contributed by atoms with Gasteiger partial charge in [-0.1, -0.05) is 103 Å². The fourth-order valence-electron chi connectivity index (χ4n) is 3.31. The summed E-state index contributed by atoms with van der Waals surface area (Å²) in [7, 11) is 0. The van der Waals surface area contributed by atoms with Crippen LogP contribution < -0.4 is 5.32 Å². The summed E-state index contributed by atoms with van der Waals surface area (Å²) in [4.78, 5) is 13.1. The lowest BCUT2D eigenvalue weighted by molar-refractivity contribution is -0.123. The average molecular weight is 404 g/mol. The van der Waals surface area contributed by atoms with Crippen LogP contribution in [0.5, 0.6) is 0 Å². The number of carbonyl (C=O) groups is 1. The van der Waals surface area contributed by atoms with Crippen molar-refractivity contribution in [2.75, 3.05) is 0 Å². The first-order valence-electron chi connectivity index (χ1n) is 9.85. The molecule has 0 aromatic heterocycles. The molecule has 3 aromatic carbocycles. The SMILES string of the molecule is Cc1ccc([C@@H](C(=O)NCc2ccccc2)[C@@H](C)/C=C/c2ccc(Cl)cc2)cc1. The number of amides is 1. The van der Waals surface area contributed by atoms with E-state index in [1.807, 2.05) is 60.7 Å². The van der Waals surface area contributed by atoms with Crippen LogP contribution in [-0.4, -0.2) is 5.91 Å². The van der Waals surface area contributed by atoms with Gasteiger partial charge in [-0.25, -0.2) is 0 Å². The Kier molecular flexibility index (Phi) is 7.26. The highest BCUT2D eigenvalue weighted by atomic mass is 35.5. The van der Waals surface area contributed by atoms with Crippen molar-refractivity contribution >= 4 is 23.6 Å². The summed E-state index contributed by atoms with van der Waals surface area (Å²) in [6.07, 6.45) is 4.14. The molecule has 0 heterocycles. The Morgan fingerprint density at radius 3 is 2.28 bits per heavy atom. The molecule has 3 rings (SSSR count). The van der Waals surface area contributed by atoms with Crippen molar-refractivity contribution in [3.05, 3.63) is 112 Å². The quantitative estimate of drug-likeness (QED) is 0.486. The third-order valence-corrected chi connectivity index (χ3v) is 5.27. The number of benzene rings is 3.